The van der Waals surface area contributed by atoms with E-state index in [0.29, 0.717) is 11.4 Å². The maximum absolute atomic E-state index is 10.2. The highest BCUT2D eigenvalue weighted by molar-refractivity contribution is 6.31. The molecule has 17 heavy (non-hydrogen) atoms. The zero-order valence-corrected chi connectivity index (χ0v) is 10.5. The van der Waals surface area contributed by atoms with Gasteiger partial charge in [-0.3, -0.25) is 0 Å². The molecule has 0 aliphatic rings. The topological polar surface area (TPSA) is 20.2 Å². The summed E-state index contributed by atoms with van der Waals surface area (Å²) in [5, 5.41) is 10.8. The van der Waals surface area contributed by atoms with Crippen molar-refractivity contribution in [1.82, 2.24) is 0 Å². The molecule has 1 unspecified atom stereocenters. The van der Waals surface area contributed by atoms with Crippen LogP contribution < -0.4 is 0 Å². The maximum atomic E-state index is 10.2. The van der Waals surface area contributed by atoms with Crippen LogP contribution in [-0.2, 0) is 6.42 Å². The molecule has 2 aromatic rings. The van der Waals surface area contributed by atoms with Gasteiger partial charge in [0.15, 0.2) is 0 Å². The van der Waals surface area contributed by atoms with E-state index >= 15 is 0 Å². The first-order chi connectivity index (χ1) is 8.16. The lowest BCUT2D eigenvalue weighted by molar-refractivity contribution is 0.178. The Hall–Kier alpha value is -1.31. The minimum absolute atomic E-state index is 0.551. The molecule has 0 saturated carbocycles. The van der Waals surface area contributed by atoms with Crippen molar-refractivity contribution in [3.8, 4) is 0 Å². The van der Waals surface area contributed by atoms with E-state index < -0.39 is 6.10 Å². The first kappa shape index (κ1) is 12.2. The summed E-state index contributed by atoms with van der Waals surface area (Å²) in [7, 11) is 0. The van der Waals surface area contributed by atoms with Crippen molar-refractivity contribution in [2.24, 2.45) is 0 Å². The van der Waals surface area contributed by atoms with Gasteiger partial charge >= 0.3 is 0 Å². The molecule has 2 heteroatoms. The smallest absolute Gasteiger partial charge is 0.0844 e. The Bertz CT molecular complexity index is 494. The number of hydrogen-bond donors (Lipinski definition) is 1. The summed E-state index contributed by atoms with van der Waals surface area (Å²) < 4.78 is 0. The van der Waals surface area contributed by atoms with Gasteiger partial charge in [0.05, 0.1) is 6.10 Å². The van der Waals surface area contributed by atoms with Crippen LogP contribution in [0, 0.1) is 6.92 Å². The fourth-order valence-corrected chi connectivity index (χ4v) is 2.11. The van der Waals surface area contributed by atoms with Crippen LogP contribution in [0.1, 0.15) is 22.8 Å². The Morgan fingerprint density at radius 2 is 1.82 bits per heavy atom. The van der Waals surface area contributed by atoms with Gasteiger partial charge in [0, 0.05) is 11.4 Å². The van der Waals surface area contributed by atoms with Crippen molar-refractivity contribution in [1.29, 1.82) is 0 Å². The molecule has 0 aliphatic heterocycles. The molecule has 1 N–H and O–H groups in total. The van der Waals surface area contributed by atoms with Crippen LogP contribution >= 0.6 is 11.6 Å². The molecule has 88 valence electrons. The molecule has 0 aromatic heterocycles. The van der Waals surface area contributed by atoms with E-state index in [4.69, 9.17) is 11.6 Å². The van der Waals surface area contributed by atoms with E-state index in [1.165, 1.54) is 0 Å². The molecule has 0 bridgehead atoms. The van der Waals surface area contributed by atoms with Crippen LogP contribution in [0.25, 0.3) is 0 Å². The van der Waals surface area contributed by atoms with Crippen LogP contribution in [0.4, 0.5) is 0 Å². The largest absolute Gasteiger partial charge is 0.388 e. The molecule has 0 spiro atoms. The lowest BCUT2D eigenvalue weighted by atomic mass is 10.00. The summed E-state index contributed by atoms with van der Waals surface area (Å²) >= 11 is 6.10. The molecule has 2 rings (SSSR count). The van der Waals surface area contributed by atoms with Gasteiger partial charge in [-0.05, 0) is 24.1 Å². The van der Waals surface area contributed by atoms with Gasteiger partial charge in [-0.2, -0.15) is 0 Å². The van der Waals surface area contributed by atoms with Crippen LogP contribution in [-0.4, -0.2) is 5.11 Å². The second kappa shape index (κ2) is 5.35. The predicted octanol–water partition coefficient (Wildman–Crippen LogP) is 3.92. The average molecular weight is 247 g/mol. The Morgan fingerprint density at radius 1 is 1.12 bits per heavy atom. The van der Waals surface area contributed by atoms with E-state index in [0.717, 1.165) is 16.7 Å². The highest BCUT2D eigenvalue weighted by Crippen LogP contribution is 2.26. The van der Waals surface area contributed by atoms with Crippen molar-refractivity contribution in [3.05, 3.63) is 70.2 Å². The predicted molar refractivity (Wildman–Crippen MR) is 71.3 cm³/mol. The van der Waals surface area contributed by atoms with Gasteiger partial charge in [-0.1, -0.05) is 59.6 Å². The van der Waals surface area contributed by atoms with Gasteiger partial charge in [0.1, 0.15) is 0 Å². The van der Waals surface area contributed by atoms with Crippen molar-refractivity contribution in [2.75, 3.05) is 0 Å². The molecule has 0 fully saturated rings. The first-order valence-corrected chi connectivity index (χ1v) is 6.02. The second-order valence-corrected chi connectivity index (χ2v) is 4.64. The Labute approximate surface area is 107 Å². The number of halogens is 1. The highest BCUT2D eigenvalue weighted by atomic mass is 35.5. The van der Waals surface area contributed by atoms with Crippen molar-refractivity contribution < 1.29 is 5.11 Å². The van der Waals surface area contributed by atoms with Crippen LogP contribution in [0.3, 0.4) is 0 Å². The summed E-state index contributed by atoms with van der Waals surface area (Å²) in [6.07, 6.45) is 0.0362. The van der Waals surface area contributed by atoms with Crippen LogP contribution in [0.2, 0.25) is 5.02 Å². The minimum atomic E-state index is -0.551. The zero-order chi connectivity index (χ0) is 12.3. The van der Waals surface area contributed by atoms with Crippen molar-refractivity contribution in [2.45, 2.75) is 19.4 Å². The number of benzene rings is 2. The van der Waals surface area contributed by atoms with E-state index in [2.05, 4.69) is 0 Å². The molecular weight excluding hydrogens is 232 g/mol. The summed E-state index contributed by atoms with van der Waals surface area (Å²) in [6.45, 7) is 2.00. The fourth-order valence-electron chi connectivity index (χ4n) is 1.87. The number of aryl methyl sites for hydroxylation is 1. The summed E-state index contributed by atoms with van der Waals surface area (Å²) in [5.41, 5.74) is 3.02. The normalized spacial score (nSPS) is 12.4. The quantitative estimate of drug-likeness (QED) is 0.870. The number of rotatable bonds is 3. The lowest BCUT2D eigenvalue weighted by Gasteiger charge is -2.13. The summed E-state index contributed by atoms with van der Waals surface area (Å²) in [5.74, 6) is 0. The minimum Gasteiger partial charge on any atom is -0.388 e. The first-order valence-electron chi connectivity index (χ1n) is 5.65. The second-order valence-electron chi connectivity index (χ2n) is 4.23. The van der Waals surface area contributed by atoms with Crippen molar-refractivity contribution >= 4 is 11.6 Å². The molecule has 0 saturated heterocycles. The molecule has 1 atom stereocenters. The van der Waals surface area contributed by atoms with E-state index in [-0.39, 0.29) is 0 Å². The fraction of sp³-hybridized carbons (Fsp3) is 0.200. The molecule has 0 amide bonds. The van der Waals surface area contributed by atoms with Crippen LogP contribution in [0.15, 0.2) is 48.5 Å². The third kappa shape index (κ3) is 3.09. The maximum Gasteiger partial charge on any atom is 0.0844 e. The third-order valence-electron chi connectivity index (χ3n) is 2.78. The summed E-state index contributed by atoms with van der Waals surface area (Å²) in [6, 6.07) is 15.6. The standard InChI is InChI=1S/C15H15ClO/c1-11-7-8-14(16)13(9-11)15(17)10-12-5-3-2-4-6-12/h2-9,15,17H,10H2,1H3. The molecule has 0 radical (unpaired) electrons. The molecule has 2 aromatic carbocycles. The lowest BCUT2D eigenvalue weighted by Crippen LogP contribution is -2.02. The SMILES string of the molecule is Cc1ccc(Cl)c(C(O)Cc2ccccc2)c1. The van der Waals surface area contributed by atoms with Gasteiger partial charge in [0.2, 0.25) is 0 Å². The summed E-state index contributed by atoms with van der Waals surface area (Å²) in [4.78, 5) is 0. The van der Waals surface area contributed by atoms with E-state index in [1.54, 1.807) is 0 Å². The van der Waals surface area contributed by atoms with Crippen molar-refractivity contribution in [3.63, 3.8) is 0 Å². The molecule has 0 heterocycles. The Kier molecular flexibility index (Phi) is 3.82. The molecule has 1 nitrogen and oxygen atoms in total. The number of hydrogen-bond acceptors (Lipinski definition) is 1. The van der Waals surface area contributed by atoms with Gasteiger partial charge < -0.3 is 5.11 Å². The van der Waals surface area contributed by atoms with E-state index in [1.807, 2.05) is 55.5 Å². The van der Waals surface area contributed by atoms with E-state index in [9.17, 15) is 5.11 Å². The number of aliphatic hydroxyl groups is 1. The van der Waals surface area contributed by atoms with Gasteiger partial charge in [-0.15, -0.1) is 0 Å². The number of aliphatic hydroxyl groups excluding tert-OH is 1. The Balaban J connectivity index is 2.20. The monoisotopic (exact) mass is 246 g/mol. The molecule has 0 aliphatic carbocycles. The van der Waals surface area contributed by atoms with Gasteiger partial charge in [0.25, 0.3) is 0 Å². The van der Waals surface area contributed by atoms with Crippen LogP contribution in [0.5, 0.6) is 0 Å². The molecular formula is C15H15ClO. The Morgan fingerprint density at radius 3 is 2.53 bits per heavy atom. The third-order valence-corrected chi connectivity index (χ3v) is 3.13. The highest BCUT2D eigenvalue weighted by Gasteiger charge is 2.12. The zero-order valence-electron chi connectivity index (χ0n) is 9.73. The average Bonchev–Trinajstić information content (AvgIpc) is 2.33. The van der Waals surface area contributed by atoms with Gasteiger partial charge in [-0.25, -0.2) is 0 Å².